The van der Waals surface area contributed by atoms with E-state index in [1.165, 1.54) is 0 Å². The van der Waals surface area contributed by atoms with Gasteiger partial charge in [0, 0.05) is 13.2 Å². The van der Waals surface area contributed by atoms with Crippen molar-refractivity contribution in [2.24, 2.45) is 16.3 Å². The molecule has 1 saturated heterocycles. The summed E-state index contributed by atoms with van der Waals surface area (Å²) in [6.07, 6.45) is 3.20. The van der Waals surface area contributed by atoms with E-state index in [2.05, 4.69) is 10.5 Å². The van der Waals surface area contributed by atoms with Crippen molar-refractivity contribution in [3.05, 3.63) is 0 Å². The Bertz CT molecular complexity index is 296. The van der Waals surface area contributed by atoms with Crippen molar-refractivity contribution in [2.75, 3.05) is 13.2 Å². The molecule has 1 fully saturated rings. The summed E-state index contributed by atoms with van der Waals surface area (Å²) in [5, 5.41) is 14.2. The summed E-state index contributed by atoms with van der Waals surface area (Å²) in [7, 11) is 0. The predicted octanol–water partition coefficient (Wildman–Crippen LogP) is 0.444. The van der Waals surface area contributed by atoms with E-state index in [1.807, 2.05) is 0 Å². The number of amidine groups is 1. The minimum Gasteiger partial charge on any atom is -0.409 e. The van der Waals surface area contributed by atoms with Crippen LogP contribution in [0.4, 0.5) is 0 Å². The van der Waals surface area contributed by atoms with Gasteiger partial charge in [-0.3, -0.25) is 4.79 Å². The highest BCUT2D eigenvalue weighted by atomic mass is 16.5. The average Bonchev–Trinajstić information content (AvgIpc) is 2.80. The molecule has 0 spiro atoms. The Kier molecular flexibility index (Phi) is 4.74. The number of amides is 1. The molecule has 1 unspecified atom stereocenters. The Morgan fingerprint density at radius 2 is 2.35 bits per heavy atom. The summed E-state index contributed by atoms with van der Waals surface area (Å²) in [6.45, 7) is 4.59. The Balaban J connectivity index is 2.33. The highest BCUT2D eigenvalue weighted by Crippen LogP contribution is 2.17. The van der Waals surface area contributed by atoms with Crippen molar-refractivity contribution in [3.63, 3.8) is 0 Å². The smallest absolute Gasteiger partial charge is 0.233 e. The molecule has 0 aromatic carbocycles. The number of nitrogens with one attached hydrogen (secondary N) is 1. The lowest BCUT2D eigenvalue weighted by molar-refractivity contribution is -0.126. The maximum atomic E-state index is 11.8. The summed E-state index contributed by atoms with van der Waals surface area (Å²) in [6, 6.07) is 0. The molecule has 0 aromatic rings. The zero-order valence-corrected chi connectivity index (χ0v) is 10.4. The molecule has 98 valence electrons. The minimum absolute atomic E-state index is 0.0906. The van der Waals surface area contributed by atoms with Gasteiger partial charge in [0.2, 0.25) is 5.91 Å². The van der Waals surface area contributed by atoms with Crippen molar-refractivity contribution < 1.29 is 14.7 Å². The van der Waals surface area contributed by atoms with Crippen molar-refractivity contribution in [1.82, 2.24) is 5.32 Å². The molecule has 1 aliphatic heterocycles. The van der Waals surface area contributed by atoms with Crippen LogP contribution in [0, 0.1) is 5.41 Å². The number of nitrogens with zero attached hydrogens (tertiary/aromatic N) is 1. The maximum absolute atomic E-state index is 11.8. The van der Waals surface area contributed by atoms with Crippen LogP contribution in [0.15, 0.2) is 5.16 Å². The molecular weight excluding hydrogens is 222 g/mol. The van der Waals surface area contributed by atoms with Crippen LogP contribution < -0.4 is 11.1 Å². The lowest BCUT2D eigenvalue weighted by Gasteiger charge is -2.22. The number of nitrogens with two attached hydrogens (primary N) is 1. The fraction of sp³-hybridized carbons (Fsp3) is 0.818. The van der Waals surface area contributed by atoms with E-state index in [1.54, 1.807) is 13.8 Å². The number of oxime groups is 1. The molecule has 1 amide bonds. The van der Waals surface area contributed by atoms with Crippen LogP contribution in [-0.4, -0.2) is 36.2 Å². The molecule has 0 aromatic heterocycles. The molecule has 1 aliphatic rings. The largest absolute Gasteiger partial charge is 0.409 e. The van der Waals surface area contributed by atoms with Crippen LogP contribution in [0.2, 0.25) is 0 Å². The van der Waals surface area contributed by atoms with Crippen LogP contribution in [0.25, 0.3) is 0 Å². The summed E-state index contributed by atoms with van der Waals surface area (Å²) >= 11 is 0. The first-order valence-corrected chi connectivity index (χ1v) is 5.86. The molecular formula is C11H21N3O3. The van der Waals surface area contributed by atoms with Crippen LogP contribution >= 0.6 is 0 Å². The zero-order valence-electron chi connectivity index (χ0n) is 10.4. The number of ether oxygens (including phenoxy) is 1. The molecule has 0 saturated carbocycles. The van der Waals surface area contributed by atoms with Gasteiger partial charge in [0.05, 0.1) is 6.10 Å². The summed E-state index contributed by atoms with van der Waals surface area (Å²) in [4.78, 5) is 11.8. The second-order valence-corrected chi connectivity index (χ2v) is 4.79. The van der Waals surface area contributed by atoms with Crippen molar-refractivity contribution in [2.45, 2.75) is 39.2 Å². The quantitative estimate of drug-likeness (QED) is 0.282. The molecule has 1 heterocycles. The summed E-state index contributed by atoms with van der Waals surface area (Å²) < 4.78 is 5.45. The van der Waals surface area contributed by atoms with Crippen molar-refractivity contribution >= 4 is 11.7 Å². The van der Waals surface area contributed by atoms with E-state index in [-0.39, 0.29) is 17.8 Å². The normalized spacial score (nSPS) is 21.5. The van der Waals surface area contributed by atoms with Gasteiger partial charge in [0.25, 0.3) is 0 Å². The van der Waals surface area contributed by atoms with Gasteiger partial charge in [0.15, 0.2) is 5.84 Å². The van der Waals surface area contributed by atoms with Gasteiger partial charge in [-0.15, -0.1) is 0 Å². The van der Waals surface area contributed by atoms with E-state index in [9.17, 15) is 4.79 Å². The topological polar surface area (TPSA) is 96.9 Å². The van der Waals surface area contributed by atoms with Crippen molar-refractivity contribution in [3.8, 4) is 0 Å². The standard InChI is InChI=1S/C11H21N3O3/c1-11(2,9(12)14-16)10(15)13-6-5-8-4-3-7-17-8/h8,16H,3-7H2,1-2H3,(H2,12,14)(H,13,15). The van der Waals surface area contributed by atoms with Crippen molar-refractivity contribution in [1.29, 1.82) is 0 Å². The van der Waals surface area contributed by atoms with Gasteiger partial charge in [-0.1, -0.05) is 5.16 Å². The number of carbonyl (C=O) groups excluding carboxylic acids is 1. The van der Waals surface area contributed by atoms with Gasteiger partial charge in [-0.05, 0) is 33.1 Å². The minimum atomic E-state index is -0.995. The molecule has 0 bridgehead atoms. The Morgan fingerprint density at radius 3 is 2.88 bits per heavy atom. The third-order valence-electron chi connectivity index (χ3n) is 3.09. The number of hydrogen-bond donors (Lipinski definition) is 3. The van der Waals surface area contributed by atoms with Crippen LogP contribution in [-0.2, 0) is 9.53 Å². The highest BCUT2D eigenvalue weighted by Gasteiger charge is 2.32. The zero-order chi connectivity index (χ0) is 12.9. The average molecular weight is 243 g/mol. The molecule has 6 nitrogen and oxygen atoms in total. The molecule has 4 N–H and O–H groups in total. The first-order chi connectivity index (χ1) is 7.98. The Labute approximate surface area is 101 Å². The van der Waals surface area contributed by atoms with E-state index in [0.29, 0.717) is 6.54 Å². The van der Waals surface area contributed by atoms with E-state index < -0.39 is 5.41 Å². The lowest BCUT2D eigenvalue weighted by Crippen LogP contribution is -2.46. The van der Waals surface area contributed by atoms with Gasteiger partial charge >= 0.3 is 0 Å². The Hall–Kier alpha value is -1.30. The SMILES string of the molecule is CC(C)(C(=O)NCCC1CCCO1)C(N)=NO. The van der Waals surface area contributed by atoms with Crippen LogP contribution in [0.5, 0.6) is 0 Å². The second kappa shape index (κ2) is 5.86. The third-order valence-corrected chi connectivity index (χ3v) is 3.09. The highest BCUT2D eigenvalue weighted by molar-refractivity contribution is 6.05. The number of carbonyl (C=O) groups is 1. The molecule has 0 aliphatic carbocycles. The van der Waals surface area contributed by atoms with Crippen LogP contribution in [0.3, 0.4) is 0 Å². The summed E-state index contributed by atoms with van der Waals surface area (Å²) in [5.74, 6) is -0.335. The second-order valence-electron chi connectivity index (χ2n) is 4.79. The molecule has 17 heavy (non-hydrogen) atoms. The molecule has 1 atom stereocenters. The third kappa shape index (κ3) is 3.59. The molecule has 6 heteroatoms. The van der Waals surface area contributed by atoms with Gasteiger partial charge in [-0.2, -0.15) is 0 Å². The summed E-state index contributed by atoms with van der Waals surface area (Å²) in [5.41, 5.74) is 4.47. The fourth-order valence-corrected chi connectivity index (χ4v) is 1.68. The molecule has 1 rings (SSSR count). The van der Waals surface area contributed by atoms with Gasteiger partial charge in [-0.25, -0.2) is 0 Å². The molecule has 0 radical (unpaired) electrons. The number of hydrogen-bond acceptors (Lipinski definition) is 4. The Morgan fingerprint density at radius 1 is 1.65 bits per heavy atom. The van der Waals surface area contributed by atoms with E-state index in [0.717, 1.165) is 25.9 Å². The van der Waals surface area contributed by atoms with E-state index >= 15 is 0 Å². The predicted molar refractivity (Wildman–Crippen MR) is 63.8 cm³/mol. The lowest BCUT2D eigenvalue weighted by atomic mass is 9.91. The first kappa shape index (κ1) is 13.8. The fourth-order valence-electron chi connectivity index (χ4n) is 1.68. The maximum Gasteiger partial charge on any atom is 0.233 e. The number of rotatable bonds is 5. The monoisotopic (exact) mass is 243 g/mol. The van der Waals surface area contributed by atoms with Gasteiger partial charge in [0.1, 0.15) is 5.41 Å². The van der Waals surface area contributed by atoms with Gasteiger partial charge < -0.3 is 21.0 Å². The first-order valence-electron chi connectivity index (χ1n) is 5.86. The van der Waals surface area contributed by atoms with E-state index in [4.69, 9.17) is 15.7 Å². The van der Waals surface area contributed by atoms with Crippen LogP contribution in [0.1, 0.15) is 33.1 Å².